The van der Waals surface area contributed by atoms with Crippen LogP contribution >= 0.6 is 0 Å². The van der Waals surface area contributed by atoms with Crippen molar-refractivity contribution >= 4 is 0 Å². The largest absolute Gasteiger partial charge is 0.353 e. The summed E-state index contributed by atoms with van der Waals surface area (Å²) in [6, 6.07) is 0. The first-order chi connectivity index (χ1) is 7.46. The van der Waals surface area contributed by atoms with Crippen LogP contribution in [-0.4, -0.2) is 37.0 Å². The highest BCUT2D eigenvalue weighted by Crippen LogP contribution is 2.54. The SMILES string of the molecule is CO[C@@H]1OC2(CC(C)C2)[C@H]2OC(C)(C)O[C@@H]12. The normalized spacial score (nSPS) is 54.0. The van der Waals surface area contributed by atoms with Gasteiger partial charge >= 0.3 is 0 Å². The van der Waals surface area contributed by atoms with E-state index in [1.54, 1.807) is 7.11 Å². The van der Waals surface area contributed by atoms with Crippen molar-refractivity contribution in [1.29, 1.82) is 0 Å². The second-order valence-electron chi connectivity index (χ2n) is 5.82. The number of ether oxygens (including phenoxy) is 4. The fraction of sp³-hybridized carbons (Fsp3) is 1.00. The molecule has 0 bridgehead atoms. The van der Waals surface area contributed by atoms with Crippen molar-refractivity contribution in [2.75, 3.05) is 7.11 Å². The Morgan fingerprint density at radius 2 is 1.81 bits per heavy atom. The van der Waals surface area contributed by atoms with Gasteiger partial charge in [0.1, 0.15) is 17.8 Å². The molecule has 4 heteroatoms. The van der Waals surface area contributed by atoms with Crippen LogP contribution in [0.3, 0.4) is 0 Å². The van der Waals surface area contributed by atoms with Gasteiger partial charge in [-0.05, 0) is 32.6 Å². The van der Waals surface area contributed by atoms with Crippen LogP contribution in [0.1, 0.15) is 33.6 Å². The van der Waals surface area contributed by atoms with Gasteiger partial charge in [-0.25, -0.2) is 0 Å². The summed E-state index contributed by atoms with van der Waals surface area (Å²) in [5.74, 6) is 0.199. The molecule has 0 aromatic rings. The molecule has 2 saturated heterocycles. The molecule has 0 aromatic heterocycles. The first-order valence-electron chi connectivity index (χ1n) is 6.02. The Morgan fingerprint density at radius 3 is 2.38 bits per heavy atom. The van der Waals surface area contributed by atoms with Crippen LogP contribution in [0, 0.1) is 5.92 Å². The first kappa shape index (κ1) is 11.0. The first-order valence-corrected chi connectivity index (χ1v) is 6.02. The summed E-state index contributed by atoms with van der Waals surface area (Å²) in [7, 11) is 1.66. The quantitative estimate of drug-likeness (QED) is 0.684. The maximum Gasteiger partial charge on any atom is 0.186 e. The summed E-state index contributed by atoms with van der Waals surface area (Å²) in [5, 5.41) is 0. The lowest BCUT2D eigenvalue weighted by Crippen LogP contribution is -2.52. The van der Waals surface area contributed by atoms with Crippen molar-refractivity contribution in [1.82, 2.24) is 0 Å². The van der Waals surface area contributed by atoms with E-state index in [-0.39, 0.29) is 24.1 Å². The van der Waals surface area contributed by atoms with Gasteiger partial charge in [-0.1, -0.05) is 6.92 Å². The van der Waals surface area contributed by atoms with Crippen molar-refractivity contribution in [3.8, 4) is 0 Å². The minimum atomic E-state index is -0.512. The molecule has 92 valence electrons. The molecule has 0 N–H and O–H groups in total. The third-order valence-corrected chi connectivity index (χ3v) is 3.89. The Morgan fingerprint density at radius 1 is 1.12 bits per heavy atom. The molecule has 2 aliphatic heterocycles. The van der Waals surface area contributed by atoms with E-state index in [1.165, 1.54) is 0 Å². The van der Waals surface area contributed by atoms with Crippen molar-refractivity contribution in [2.45, 2.75) is 63.5 Å². The van der Waals surface area contributed by atoms with Crippen molar-refractivity contribution in [2.24, 2.45) is 5.92 Å². The second kappa shape index (κ2) is 3.19. The highest BCUT2D eigenvalue weighted by atomic mass is 16.8. The standard InChI is InChI=1S/C12H20O4/c1-7-5-12(6-7)9-8(10(13-4)16-12)14-11(2,3)15-9/h7-10H,5-6H2,1-4H3/t7?,8-,9+,10-,12?/m1/s1. The average molecular weight is 228 g/mol. The van der Waals surface area contributed by atoms with Gasteiger partial charge in [-0.15, -0.1) is 0 Å². The van der Waals surface area contributed by atoms with Gasteiger partial charge in [-0.3, -0.25) is 0 Å². The summed E-state index contributed by atoms with van der Waals surface area (Å²) in [6.07, 6.45) is 1.77. The lowest BCUT2D eigenvalue weighted by Gasteiger charge is -2.46. The minimum absolute atomic E-state index is 0.0312. The van der Waals surface area contributed by atoms with Crippen molar-refractivity contribution in [3.05, 3.63) is 0 Å². The van der Waals surface area contributed by atoms with Gasteiger partial charge in [0.05, 0.1) is 0 Å². The fourth-order valence-electron chi connectivity index (χ4n) is 3.39. The predicted octanol–water partition coefficient (Wildman–Crippen LogP) is 1.68. The molecule has 3 fully saturated rings. The van der Waals surface area contributed by atoms with E-state index in [4.69, 9.17) is 18.9 Å². The Balaban J connectivity index is 1.84. The molecular formula is C12H20O4. The molecule has 16 heavy (non-hydrogen) atoms. The fourth-order valence-corrected chi connectivity index (χ4v) is 3.39. The molecule has 1 spiro atoms. The number of methoxy groups -OCH3 is 1. The van der Waals surface area contributed by atoms with Crippen LogP contribution in [0.5, 0.6) is 0 Å². The minimum Gasteiger partial charge on any atom is -0.353 e. The number of rotatable bonds is 1. The number of hydrogen-bond donors (Lipinski definition) is 0. The van der Waals surface area contributed by atoms with Gasteiger partial charge in [0.15, 0.2) is 12.1 Å². The molecule has 0 radical (unpaired) electrons. The Kier molecular flexibility index (Phi) is 2.19. The topological polar surface area (TPSA) is 36.9 Å². The molecule has 4 nitrogen and oxygen atoms in total. The number of hydrogen-bond acceptors (Lipinski definition) is 4. The Labute approximate surface area is 96.2 Å². The van der Waals surface area contributed by atoms with E-state index in [0.717, 1.165) is 12.8 Å². The molecule has 2 heterocycles. The molecule has 0 unspecified atom stereocenters. The molecule has 1 aliphatic carbocycles. The monoisotopic (exact) mass is 228 g/mol. The lowest BCUT2D eigenvalue weighted by atomic mass is 9.69. The Hall–Kier alpha value is -0.160. The van der Waals surface area contributed by atoms with E-state index >= 15 is 0 Å². The van der Waals surface area contributed by atoms with Crippen LogP contribution in [0.25, 0.3) is 0 Å². The van der Waals surface area contributed by atoms with Crippen molar-refractivity contribution in [3.63, 3.8) is 0 Å². The lowest BCUT2D eigenvalue weighted by molar-refractivity contribution is -0.271. The van der Waals surface area contributed by atoms with E-state index in [1.807, 2.05) is 13.8 Å². The molecule has 3 rings (SSSR count). The zero-order valence-electron chi connectivity index (χ0n) is 10.4. The second-order valence-corrected chi connectivity index (χ2v) is 5.82. The van der Waals surface area contributed by atoms with Crippen molar-refractivity contribution < 1.29 is 18.9 Å². The summed E-state index contributed by atoms with van der Waals surface area (Å²) in [5.41, 5.74) is -0.154. The van der Waals surface area contributed by atoms with E-state index < -0.39 is 5.79 Å². The van der Waals surface area contributed by atoms with Gasteiger partial charge in [-0.2, -0.15) is 0 Å². The van der Waals surface area contributed by atoms with Gasteiger partial charge in [0.25, 0.3) is 0 Å². The molecule has 3 aliphatic rings. The molecule has 0 aromatic carbocycles. The number of fused-ring (bicyclic) bond motifs is 2. The van der Waals surface area contributed by atoms with Gasteiger partial charge in [0.2, 0.25) is 0 Å². The van der Waals surface area contributed by atoms with Gasteiger partial charge < -0.3 is 18.9 Å². The maximum atomic E-state index is 5.99. The molecule has 1 saturated carbocycles. The predicted molar refractivity (Wildman–Crippen MR) is 56.8 cm³/mol. The maximum absolute atomic E-state index is 5.99. The van der Waals surface area contributed by atoms with E-state index in [0.29, 0.717) is 5.92 Å². The summed E-state index contributed by atoms with van der Waals surface area (Å²) >= 11 is 0. The Bertz CT molecular complexity index is 295. The third-order valence-electron chi connectivity index (χ3n) is 3.89. The van der Waals surface area contributed by atoms with Crippen LogP contribution < -0.4 is 0 Å². The third kappa shape index (κ3) is 1.37. The van der Waals surface area contributed by atoms with E-state index in [2.05, 4.69) is 6.92 Å². The summed E-state index contributed by atoms with van der Waals surface area (Å²) in [4.78, 5) is 0. The molecular weight excluding hydrogens is 208 g/mol. The smallest absolute Gasteiger partial charge is 0.186 e. The summed E-state index contributed by atoms with van der Waals surface area (Å²) < 4.78 is 23.2. The zero-order chi connectivity index (χ0) is 11.6. The summed E-state index contributed by atoms with van der Waals surface area (Å²) in [6.45, 7) is 6.15. The molecule has 0 amide bonds. The highest BCUT2D eigenvalue weighted by molar-refractivity contribution is 5.10. The zero-order valence-corrected chi connectivity index (χ0v) is 10.4. The average Bonchev–Trinajstić information content (AvgIpc) is 2.58. The van der Waals surface area contributed by atoms with E-state index in [9.17, 15) is 0 Å². The highest BCUT2D eigenvalue weighted by Gasteiger charge is 2.66. The van der Waals surface area contributed by atoms with Gasteiger partial charge in [0, 0.05) is 7.11 Å². The van der Waals surface area contributed by atoms with Crippen LogP contribution in [-0.2, 0) is 18.9 Å². The molecule has 3 atom stereocenters. The van der Waals surface area contributed by atoms with Crippen LogP contribution in [0.4, 0.5) is 0 Å². The van der Waals surface area contributed by atoms with Crippen LogP contribution in [0.15, 0.2) is 0 Å². The van der Waals surface area contributed by atoms with Crippen LogP contribution in [0.2, 0.25) is 0 Å².